The minimum atomic E-state index is 0.976. The number of hydrogen-bond acceptors (Lipinski definition) is 1. The number of piperidine rings is 1. The van der Waals surface area contributed by atoms with Crippen molar-refractivity contribution < 1.29 is 0 Å². The largest absolute Gasteiger partial charge is 0.300 e. The number of hydrogen-bond donors (Lipinski definition) is 0. The van der Waals surface area contributed by atoms with Gasteiger partial charge in [0.25, 0.3) is 0 Å². The maximum Gasteiger partial charge on any atom is 0.00987 e. The van der Waals surface area contributed by atoms with Gasteiger partial charge in [0.2, 0.25) is 0 Å². The Labute approximate surface area is 95.2 Å². The number of rotatable bonds is 6. The van der Waals surface area contributed by atoms with Crippen molar-refractivity contribution in [3.63, 3.8) is 0 Å². The summed E-state index contributed by atoms with van der Waals surface area (Å²) in [6.45, 7) is 7.50. The van der Waals surface area contributed by atoms with Crippen LogP contribution in [0.1, 0.15) is 58.8 Å². The van der Waals surface area contributed by atoms with E-state index in [-0.39, 0.29) is 0 Å². The summed E-state index contributed by atoms with van der Waals surface area (Å²) >= 11 is 0. The van der Waals surface area contributed by atoms with E-state index in [0.717, 1.165) is 17.9 Å². The number of unbranched alkanes of at least 4 members (excludes halogenated alkanes) is 1. The molecule has 1 saturated heterocycles. The molecule has 3 atom stereocenters. The average molecular weight is 209 g/mol. The monoisotopic (exact) mass is 209 g/mol. The Balaban J connectivity index is 1.74. The van der Waals surface area contributed by atoms with Crippen molar-refractivity contribution in [3.05, 3.63) is 0 Å². The Kier molecular flexibility index (Phi) is 4.07. The van der Waals surface area contributed by atoms with Crippen LogP contribution >= 0.6 is 0 Å². The third kappa shape index (κ3) is 2.75. The molecule has 0 N–H and O–H groups in total. The molecule has 0 aromatic heterocycles. The van der Waals surface area contributed by atoms with Gasteiger partial charge < -0.3 is 0 Å². The molecule has 2 rings (SSSR count). The lowest BCUT2D eigenvalue weighted by Gasteiger charge is -2.30. The molecule has 2 fully saturated rings. The van der Waals surface area contributed by atoms with Gasteiger partial charge in [0, 0.05) is 19.1 Å². The van der Waals surface area contributed by atoms with Gasteiger partial charge in [0.15, 0.2) is 0 Å². The van der Waals surface area contributed by atoms with Crippen LogP contribution in [0, 0.1) is 11.8 Å². The van der Waals surface area contributed by atoms with Gasteiger partial charge in [-0.05, 0) is 37.5 Å². The second-order valence-corrected chi connectivity index (χ2v) is 5.70. The van der Waals surface area contributed by atoms with Gasteiger partial charge in [-0.2, -0.15) is 0 Å². The van der Waals surface area contributed by atoms with E-state index >= 15 is 0 Å². The van der Waals surface area contributed by atoms with Crippen molar-refractivity contribution in [2.24, 2.45) is 11.8 Å². The van der Waals surface area contributed by atoms with Crippen LogP contribution in [-0.2, 0) is 0 Å². The highest BCUT2D eigenvalue weighted by Crippen LogP contribution is 2.38. The van der Waals surface area contributed by atoms with E-state index in [0.29, 0.717) is 0 Å². The molecular formula is C14H27N. The number of likely N-dealkylation sites (tertiary alicyclic amines) is 1. The summed E-state index contributed by atoms with van der Waals surface area (Å²) in [5, 5.41) is 0. The van der Waals surface area contributed by atoms with Gasteiger partial charge in [0.1, 0.15) is 0 Å². The van der Waals surface area contributed by atoms with Gasteiger partial charge >= 0.3 is 0 Å². The molecule has 15 heavy (non-hydrogen) atoms. The first-order valence-electron chi connectivity index (χ1n) is 7.07. The highest BCUT2D eigenvalue weighted by molar-refractivity contribution is 4.92. The van der Waals surface area contributed by atoms with Crippen molar-refractivity contribution >= 4 is 0 Å². The third-order valence-corrected chi connectivity index (χ3v) is 4.56. The molecule has 1 saturated carbocycles. The van der Waals surface area contributed by atoms with Crippen LogP contribution in [0.2, 0.25) is 0 Å². The Morgan fingerprint density at radius 2 is 2.13 bits per heavy atom. The smallest absolute Gasteiger partial charge is 0.00987 e. The van der Waals surface area contributed by atoms with Crippen LogP contribution in [0.4, 0.5) is 0 Å². The quantitative estimate of drug-likeness (QED) is 0.645. The molecule has 1 heterocycles. The summed E-state index contributed by atoms with van der Waals surface area (Å²) in [6, 6.07) is 0.977. The van der Waals surface area contributed by atoms with Gasteiger partial charge in [-0.25, -0.2) is 0 Å². The van der Waals surface area contributed by atoms with Crippen LogP contribution < -0.4 is 0 Å². The zero-order chi connectivity index (χ0) is 10.7. The van der Waals surface area contributed by atoms with Crippen molar-refractivity contribution in [3.8, 4) is 0 Å². The Morgan fingerprint density at radius 1 is 1.27 bits per heavy atom. The van der Waals surface area contributed by atoms with E-state index in [4.69, 9.17) is 0 Å². The van der Waals surface area contributed by atoms with E-state index in [1.54, 1.807) is 0 Å². The van der Waals surface area contributed by atoms with Gasteiger partial charge in [0.05, 0.1) is 0 Å². The maximum atomic E-state index is 2.80. The van der Waals surface area contributed by atoms with Gasteiger partial charge in [-0.3, -0.25) is 4.90 Å². The molecule has 3 unspecified atom stereocenters. The highest BCUT2D eigenvalue weighted by atomic mass is 15.2. The standard InChI is InChI=1S/C14H27N/c1-3-5-6-12(4-2)10-15-11-13-7-8-14(15)9-13/h12-14H,3-11H2,1-2H3. The van der Waals surface area contributed by atoms with E-state index < -0.39 is 0 Å². The van der Waals surface area contributed by atoms with Crippen LogP contribution in [0.25, 0.3) is 0 Å². The van der Waals surface area contributed by atoms with Crippen LogP contribution in [0.3, 0.4) is 0 Å². The Morgan fingerprint density at radius 3 is 2.67 bits per heavy atom. The van der Waals surface area contributed by atoms with Crippen molar-refractivity contribution in [1.82, 2.24) is 4.90 Å². The molecule has 1 aliphatic carbocycles. The first-order chi connectivity index (χ1) is 7.33. The summed E-state index contributed by atoms with van der Waals surface area (Å²) in [4.78, 5) is 2.80. The minimum absolute atomic E-state index is 0.976. The molecule has 0 aromatic carbocycles. The lowest BCUT2D eigenvalue weighted by molar-refractivity contribution is 0.174. The van der Waals surface area contributed by atoms with Crippen molar-refractivity contribution in [2.45, 2.75) is 64.8 Å². The molecule has 1 nitrogen and oxygen atoms in total. The molecule has 0 spiro atoms. The summed E-state index contributed by atoms with van der Waals surface area (Å²) in [6.07, 6.45) is 10.2. The average Bonchev–Trinajstić information content (AvgIpc) is 2.85. The molecule has 0 aromatic rings. The van der Waals surface area contributed by atoms with Crippen molar-refractivity contribution in [2.75, 3.05) is 13.1 Å². The van der Waals surface area contributed by atoms with E-state index in [1.807, 2.05) is 0 Å². The van der Waals surface area contributed by atoms with Crippen LogP contribution in [-0.4, -0.2) is 24.0 Å². The lowest BCUT2D eigenvalue weighted by atomic mass is 9.97. The van der Waals surface area contributed by atoms with E-state index in [2.05, 4.69) is 18.7 Å². The molecule has 1 heteroatoms. The highest BCUT2D eigenvalue weighted by Gasteiger charge is 2.37. The lowest BCUT2D eigenvalue weighted by Crippen LogP contribution is -2.36. The molecule has 0 radical (unpaired) electrons. The van der Waals surface area contributed by atoms with E-state index in [9.17, 15) is 0 Å². The zero-order valence-corrected chi connectivity index (χ0v) is 10.5. The Bertz CT molecular complexity index is 190. The fourth-order valence-electron chi connectivity index (χ4n) is 3.50. The molecule has 2 aliphatic rings. The van der Waals surface area contributed by atoms with Gasteiger partial charge in [-0.15, -0.1) is 0 Å². The first kappa shape index (κ1) is 11.4. The third-order valence-electron chi connectivity index (χ3n) is 4.56. The minimum Gasteiger partial charge on any atom is -0.300 e. The predicted octanol–water partition coefficient (Wildman–Crippen LogP) is 3.69. The second kappa shape index (κ2) is 5.34. The molecular weight excluding hydrogens is 182 g/mol. The molecule has 2 bridgehead atoms. The summed E-state index contributed by atoms with van der Waals surface area (Å²) in [5.74, 6) is 2.04. The normalized spacial score (nSPS) is 32.4. The van der Waals surface area contributed by atoms with E-state index in [1.165, 1.54) is 58.0 Å². The molecule has 1 aliphatic heterocycles. The maximum absolute atomic E-state index is 2.80. The second-order valence-electron chi connectivity index (χ2n) is 5.70. The van der Waals surface area contributed by atoms with Crippen LogP contribution in [0.5, 0.6) is 0 Å². The Hall–Kier alpha value is -0.0400. The van der Waals surface area contributed by atoms with Crippen LogP contribution in [0.15, 0.2) is 0 Å². The zero-order valence-electron chi connectivity index (χ0n) is 10.5. The molecule has 88 valence electrons. The van der Waals surface area contributed by atoms with Gasteiger partial charge in [-0.1, -0.05) is 33.1 Å². The first-order valence-corrected chi connectivity index (χ1v) is 7.07. The predicted molar refractivity (Wildman–Crippen MR) is 66.0 cm³/mol. The van der Waals surface area contributed by atoms with Crippen molar-refractivity contribution in [1.29, 1.82) is 0 Å². The fraction of sp³-hybridized carbons (Fsp3) is 1.00. The number of nitrogens with zero attached hydrogens (tertiary/aromatic N) is 1. The fourth-order valence-corrected chi connectivity index (χ4v) is 3.50. The SMILES string of the molecule is CCCCC(CC)CN1CC2CCC1C2. The molecule has 0 amide bonds. The number of fused-ring (bicyclic) bond motifs is 2. The summed E-state index contributed by atoms with van der Waals surface area (Å²) < 4.78 is 0. The summed E-state index contributed by atoms with van der Waals surface area (Å²) in [5.41, 5.74) is 0. The topological polar surface area (TPSA) is 3.24 Å². The summed E-state index contributed by atoms with van der Waals surface area (Å²) in [7, 11) is 0.